The number of amides is 2. The molecule has 9 nitrogen and oxygen atoms in total. The molecule has 3 aromatic heterocycles. The van der Waals surface area contributed by atoms with E-state index in [-0.39, 0.29) is 23.6 Å². The molecule has 0 bridgehead atoms. The summed E-state index contributed by atoms with van der Waals surface area (Å²) in [4.78, 5) is 38.0. The number of H-pyrrole nitrogens is 1. The predicted molar refractivity (Wildman–Crippen MR) is 113 cm³/mol. The molecule has 9 heteroatoms. The van der Waals surface area contributed by atoms with Crippen molar-refractivity contribution in [3.05, 3.63) is 30.4 Å². The van der Waals surface area contributed by atoms with Crippen molar-refractivity contribution in [1.29, 1.82) is 0 Å². The van der Waals surface area contributed by atoms with Crippen molar-refractivity contribution in [3.63, 3.8) is 0 Å². The third-order valence-corrected chi connectivity index (χ3v) is 5.44. The minimum Gasteiger partial charge on any atom is -0.443 e. The minimum atomic E-state index is -0.315. The van der Waals surface area contributed by atoms with E-state index in [4.69, 9.17) is 4.42 Å². The standard InChI is InChI=1S/C21H26N6O3/c1-4-17(28)27-9-12(2)7-13(10-27)25-18-14-5-6-23-19(14)24-8-15(18)21-26-16(11-30-21)20(29)22-3/h5-6,8,11-13H,4,7,9-10H2,1-3H3,(H,22,29)(H2,23,24,25)/t12-,13+/m0/s1. The Hall–Kier alpha value is -3.36. The Morgan fingerprint density at radius 2 is 2.20 bits per heavy atom. The van der Waals surface area contributed by atoms with Gasteiger partial charge in [0.15, 0.2) is 5.69 Å². The number of aromatic nitrogens is 3. The maximum Gasteiger partial charge on any atom is 0.272 e. The maximum atomic E-state index is 12.3. The minimum absolute atomic E-state index is 0.0804. The highest BCUT2D eigenvalue weighted by Crippen LogP contribution is 2.34. The van der Waals surface area contributed by atoms with E-state index < -0.39 is 0 Å². The molecule has 0 spiro atoms. The molecule has 158 valence electrons. The summed E-state index contributed by atoms with van der Waals surface area (Å²) in [5.74, 6) is 0.556. The molecule has 4 heterocycles. The van der Waals surface area contributed by atoms with E-state index in [1.165, 1.54) is 6.26 Å². The first kappa shape index (κ1) is 19.9. The molecule has 2 amide bonds. The van der Waals surface area contributed by atoms with E-state index in [1.54, 1.807) is 13.2 Å². The topological polar surface area (TPSA) is 116 Å². The molecular weight excluding hydrogens is 384 g/mol. The lowest BCUT2D eigenvalue weighted by Gasteiger charge is -2.37. The van der Waals surface area contributed by atoms with Crippen LogP contribution in [0.2, 0.25) is 0 Å². The number of oxazole rings is 1. The molecule has 2 atom stereocenters. The van der Waals surface area contributed by atoms with Gasteiger partial charge in [-0.1, -0.05) is 13.8 Å². The number of pyridine rings is 1. The molecule has 1 saturated heterocycles. The lowest BCUT2D eigenvalue weighted by molar-refractivity contribution is -0.132. The summed E-state index contributed by atoms with van der Waals surface area (Å²) in [7, 11) is 1.55. The van der Waals surface area contributed by atoms with Crippen LogP contribution < -0.4 is 10.6 Å². The van der Waals surface area contributed by atoms with Crippen LogP contribution in [0.4, 0.5) is 5.69 Å². The fourth-order valence-corrected chi connectivity index (χ4v) is 4.04. The Morgan fingerprint density at radius 3 is 2.97 bits per heavy atom. The van der Waals surface area contributed by atoms with Gasteiger partial charge in [-0.2, -0.15) is 0 Å². The summed E-state index contributed by atoms with van der Waals surface area (Å²) in [6.45, 7) is 5.47. The van der Waals surface area contributed by atoms with Gasteiger partial charge in [-0.05, 0) is 18.4 Å². The molecule has 1 aliphatic rings. The second-order valence-electron chi connectivity index (χ2n) is 7.74. The number of piperidine rings is 1. The van der Waals surface area contributed by atoms with Crippen LogP contribution in [0, 0.1) is 5.92 Å². The van der Waals surface area contributed by atoms with Crippen molar-refractivity contribution in [3.8, 4) is 11.5 Å². The van der Waals surface area contributed by atoms with Gasteiger partial charge in [0.1, 0.15) is 11.9 Å². The number of likely N-dealkylation sites (tertiary alicyclic amines) is 1. The first-order valence-corrected chi connectivity index (χ1v) is 10.2. The van der Waals surface area contributed by atoms with Crippen LogP contribution in [-0.4, -0.2) is 57.8 Å². The normalized spacial score (nSPS) is 19.1. The number of aromatic amines is 1. The van der Waals surface area contributed by atoms with Crippen molar-refractivity contribution >= 4 is 28.5 Å². The number of hydrogen-bond donors (Lipinski definition) is 3. The molecule has 1 fully saturated rings. The number of carbonyl (C=O) groups excluding carboxylic acids is 2. The van der Waals surface area contributed by atoms with E-state index in [0.29, 0.717) is 30.3 Å². The van der Waals surface area contributed by atoms with Crippen molar-refractivity contribution in [2.75, 3.05) is 25.5 Å². The highest BCUT2D eigenvalue weighted by molar-refractivity contribution is 5.98. The molecule has 0 unspecified atom stereocenters. The van der Waals surface area contributed by atoms with Gasteiger partial charge in [-0.25, -0.2) is 9.97 Å². The first-order chi connectivity index (χ1) is 14.5. The smallest absolute Gasteiger partial charge is 0.272 e. The summed E-state index contributed by atoms with van der Waals surface area (Å²) in [6, 6.07) is 2.02. The average molecular weight is 410 g/mol. The van der Waals surface area contributed by atoms with Gasteiger partial charge in [0.2, 0.25) is 11.8 Å². The summed E-state index contributed by atoms with van der Waals surface area (Å²) >= 11 is 0. The highest BCUT2D eigenvalue weighted by Gasteiger charge is 2.28. The van der Waals surface area contributed by atoms with E-state index in [1.807, 2.05) is 24.1 Å². The highest BCUT2D eigenvalue weighted by atomic mass is 16.3. The number of nitrogens with one attached hydrogen (secondary N) is 3. The fourth-order valence-electron chi connectivity index (χ4n) is 4.04. The van der Waals surface area contributed by atoms with Crippen molar-refractivity contribution in [2.24, 2.45) is 5.92 Å². The van der Waals surface area contributed by atoms with Gasteiger partial charge < -0.3 is 24.9 Å². The quantitative estimate of drug-likeness (QED) is 0.595. The maximum absolute atomic E-state index is 12.3. The number of carbonyl (C=O) groups is 2. The van der Waals surface area contributed by atoms with E-state index >= 15 is 0 Å². The van der Waals surface area contributed by atoms with Gasteiger partial charge in [0.25, 0.3) is 5.91 Å². The Bertz CT molecular complexity index is 1070. The summed E-state index contributed by atoms with van der Waals surface area (Å²) in [5.41, 5.74) is 2.45. The van der Waals surface area contributed by atoms with E-state index in [2.05, 4.69) is 32.5 Å². The van der Waals surface area contributed by atoms with Crippen molar-refractivity contribution in [2.45, 2.75) is 32.7 Å². The van der Waals surface area contributed by atoms with Crippen LogP contribution in [0.15, 0.2) is 29.1 Å². The number of rotatable bonds is 5. The summed E-state index contributed by atoms with van der Waals surface area (Å²) < 4.78 is 5.60. The predicted octanol–water partition coefficient (Wildman–Crippen LogP) is 2.64. The number of nitrogens with zero attached hydrogens (tertiary/aromatic N) is 3. The molecule has 30 heavy (non-hydrogen) atoms. The molecule has 4 rings (SSSR count). The Labute approximate surface area is 174 Å². The van der Waals surface area contributed by atoms with Crippen LogP contribution in [-0.2, 0) is 4.79 Å². The van der Waals surface area contributed by atoms with Crippen LogP contribution in [0.5, 0.6) is 0 Å². The molecular formula is C21H26N6O3. The third-order valence-electron chi connectivity index (χ3n) is 5.44. The van der Waals surface area contributed by atoms with Crippen molar-refractivity contribution in [1.82, 2.24) is 25.2 Å². The third kappa shape index (κ3) is 3.74. The second-order valence-corrected chi connectivity index (χ2v) is 7.74. The molecule has 0 radical (unpaired) electrons. The second kappa shape index (κ2) is 8.17. The van der Waals surface area contributed by atoms with Gasteiger partial charge in [-0.3, -0.25) is 9.59 Å². The molecule has 3 aromatic rings. The SMILES string of the molecule is CCC(=O)N1C[C@@H](C)C[C@@H](Nc2c(-c3nc(C(=O)NC)co3)cnc3[nH]ccc23)C1. The number of anilines is 1. The van der Waals surface area contributed by atoms with Gasteiger partial charge >= 0.3 is 0 Å². The Morgan fingerprint density at radius 1 is 1.37 bits per heavy atom. The van der Waals surface area contributed by atoms with Gasteiger partial charge in [0.05, 0.1) is 11.3 Å². The molecule has 1 aliphatic heterocycles. The van der Waals surface area contributed by atoms with Gasteiger partial charge in [-0.15, -0.1) is 0 Å². The Balaban J connectivity index is 1.70. The largest absolute Gasteiger partial charge is 0.443 e. The Kier molecular flexibility index (Phi) is 5.43. The molecule has 0 aliphatic carbocycles. The van der Waals surface area contributed by atoms with E-state index in [9.17, 15) is 9.59 Å². The monoisotopic (exact) mass is 410 g/mol. The summed E-state index contributed by atoms with van der Waals surface area (Å²) in [5, 5.41) is 7.06. The zero-order valence-electron chi connectivity index (χ0n) is 17.4. The molecule has 0 saturated carbocycles. The van der Waals surface area contributed by atoms with Crippen molar-refractivity contribution < 1.29 is 14.0 Å². The molecule has 0 aromatic carbocycles. The lowest BCUT2D eigenvalue weighted by atomic mass is 9.95. The zero-order valence-corrected chi connectivity index (χ0v) is 17.4. The van der Waals surface area contributed by atoms with Gasteiger partial charge in [0, 0.05) is 50.4 Å². The van der Waals surface area contributed by atoms with Crippen LogP contribution >= 0.6 is 0 Å². The van der Waals surface area contributed by atoms with Crippen LogP contribution in [0.25, 0.3) is 22.5 Å². The van der Waals surface area contributed by atoms with E-state index in [0.717, 1.165) is 29.7 Å². The first-order valence-electron chi connectivity index (χ1n) is 10.2. The summed E-state index contributed by atoms with van der Waals surface area (Å²) in [6.07, 6.45) is 6.29. The van der Waals surface area contributed by atoms with Crippen LogP contribution in [0.1, 0.15) is 37.2 Å². The number of hydrogen-bond acceptors (Lipinski definition) is 6. The van der Waals surface area contributed by atoms with Crippen LogP contribution in [0.3, 0.4) is 0 Å². The zero-order chi connectivity index (χ0) is 21.3. The number of fused-ring (bicyclic) bond motifs is 1. The molecule has 3 N–H and O–H groups in total. The average Bonchev–Trinajstić information content (AvgIpc) is 3.42. The fraction of sp³-hybridized carbons (Fsp3) is 0.429. The lowest BCUT2D eigenvalue weighted by Crippen LogP contribution is -2.48.